The summed E-state index contributed by atoms with van der Waals surface area (Å²) in [7, 11) is 0. The first-order valence-corrected chi connectivity index (χ1v) is 12.6. The molecule has 5 rings (SSSR count). The van der Waals surface area contributed by atoms with Crippen molar-refractivity contribution in [3.63, 3.8) is 0 Å². The molecule has 6 atom stereocenters. The number of benzene rings is 2. The second kappa shape index (κ2) is 9.75. The Labute approximate surface area is 217 Å². The summed E-state index contributed by atoms with van der Waals surface area (Å²) >= 11 is 12.8. The standard InChI is InChI=1S/C26H24Cl2N2O6/c1-2-35-16-8-6-14(7-9-16)29-19(31)12-36-26(34)13-4-3-5-15(10-13)30-24(32)20-17-11-18(21(20)25(30)33)23(28)22(17)27/h3-10,17-18,20-23H,2,11-12H2,1H3,(H,29,31)/t17-,18-,20-,21+,22-,23+/m1/s1. The number of alkyl halides is 2. The summed E-state index contributed by atoms with van der Waals surface area (Å²) < 4.78 is 10.5. The first-order chi connectivity index (χ1) is 17.3. The number of esters is 1. The van der Waals surface area contributed by atoms with Crippen molar-refractivity contribution in [2.45, 2.75) is 24.1 Å². The second-order valence-corrected chi connectivity index (χ2v) is 10.2. The average molecular weight is 531 g/mol. The number of carbonyl (C=O) groups excluding carboxylic acids is 4. The molecule has 2 aliphatic carbocycles. The first kappa shape index (κ1) is 24.6. The first-order valence-electron chi connectivity index (χ1n) is 11.8. The van der Waals surface area contributed by atoms with Gasteiger partial charge in [0.05, 0.1) is 40.4 Å². The zero-order valence-corrected chi connectivity index (χ0v) is 20.9. The highest BCUT2D eigenvalue weighted by atomic mass is 35.5. The zero-order valence-electron chi connectivity index (χ0n) is 19.4. The summed E-state index contributed by atoms with van der Waals surface area (Å²) in [4.78, 5) is 52.3. The van der Waals surface area contributed by atoms with Gasteiger partial charge in [-0.3, -0.25) is 19.3 Å². The molecular weight excluding hydrogens is 507 g/mol. The van der Waals surface area contributed by atoms with Gasteiger partial charge in [0.1, 0.15) is 5.75 Å². The maximum absolute atomic E-state index is 13.2. The number of hydrogen-bond acceptors (Lipinski definition) is 6. The smallest absolute Gasteiger partial charge is 0.338 e. The van der Waals surface area contributed by atoms with Crippen molar-refractivity contribution >= 4 is 58.3 Å². The fourth-order valence-electron chi connectivity index (χ4n) is 5.59. The zero-order chi connectivity index (χ0) is 25.6. The van der Waals surface area contributed by atoms with Gasteiger partial charge in [0, 0.05) is 5.69 Å². The van der Waals surface area contributed by atoms with E-state index in [2.05, 4.69) is 5.32 Å². The van der Waals surface area contributed by atoms with Gasteiger partial charge in [-0.2, -0.15) is 0 Å². The molecule has 0 radical (unpaired) electrons. The fraction of sp³-hybridized carbons (Fsp3) is 0.385. The molecule has 3 aliphatic rings. The van der Waals surface area contributed by atoms with Crippen LogP contribution in [0.15, 0.2) is 48.5 Å². The molecule has 1 aliphatic heterocycles. The maximum atomic E-state index is 13.2. The molecule has 2 aromatic carbocycles. The van der Waals surface area contributed by atoms with Crippen molar-refractivity contribution in [2.24, 2.45) is 23.7 Å². The summed E-state index contributed by atoms with van der Waals surface area (Å²) in [6.45, 7) is 1.91. The van der Waals surface area contributed by atoms with Crippen LogP contribution < -0.4 is 15.0 Å². The Bertz CT molecular complexity index is 1190. The Morgan fingerprint density at radius 3 is 2.25 bits per heavy atom. The van der Waals surface area contributed by atoms with E-state index in [0.29, 0.717) is 24.5 Å². The highest BCUT2D eigenvalue weighted by Crippen LogP contribution is 2.59. The molecule has 8 nitrogen and oxygen atoms in total. The number of anilines is 2. The number of rotatable bonds is 7. The van der Waals surface area contributed by atoms with E-state index in [1.165, 1.54) is 12.1 Å². The average Bonchev–Trinajstić information content (AvgIpc) is 3.48. The number of nitrogens with zero attached hydrogens (tertiary/aromatic N) is 1. The molecule has 2 saturated carbocycles. The van der Waals surface area contributed by atoms with E-state index >= 15 is 0 Å². The summed E-state index contributed by atoms with van der Waals surface area (Å²) in [5.74, 6) is -2.44. The third-order valence-corrected chi connectivity index (χ3v) is 8.43. The number of imide groups is 1. The van der Waals surface area contributed by atoms with Gasteiger partial charge in [0.2, 0.25) is 11.8 Å². The summed E-state index contributed by atoms with van der Waals surface area (Å²) in [6, 6.07) is 12.9. The van der Waals surface area contributed by atoms with Crippen LogP contribution in [0.2, 0.25) is 0 Å². The van der Waals surface area contributed by atoms with Crippen LogP contribution >= 0.6 is 23.2 Å². The molecule has 188 valence electrons. The highest BCUT2D eigenvalue weighted by molar-refractivity contribution is 6.32. The SMILES string of the molecule is CCOc1ccc(NC(=O)COC(=O)c2cccc(N3C(=O)[C@@H]4[C@H]5C[C@@H]([C@H](Cl)[C@@H]5Cl)[C@@H]4C3=O)c2)cc1. The van der Waals surface area contributed by atoms with Gasteiger partial charge in [-0.15, -0.1) is 23.2 Å². The molecule has 0 unspecified atom stereocenters. The van der Waals surface area contributed by atoms with Crippen molar-refractivity contribution in [3.8, 4) is 5.75 Å². The van der Waals surface area contributed by atoms with Crippen LogP contribution in [0, 0.1) is 23.7 Å². The Balaban J connectivity index is 1.22. The summed E-state index contributed by atoms with van der Waals surface area (Å²) in [5, 5.41) is 1.95. The minimum atomic E-state index is -0.750. The second-order valence-electron chi connectivity index (χ2n) is 9.15. The van der Waals surface area contributed by atoms with E-state index < -0.39 is 30.3 Å². The molecule has 3 fully saturated rings. The number of halogens is 2. The Hall–Kier alpha value is -3.10. The number of amides is 3. The topological polar surface area (TPSA) is 102 Å². The fourth-order valence-corrected chi connectivity index (χ4v) is 6.48. The lowest BCUT2D eigenvalue weighted by Gasteiger charge is -2.28. The quantitative estimate of drug-likeness (QED) is 0.331. The molecule has 3 amide bonds. The number of ether oxygens (including phenoxy) is 2. The third-order valence-electron chi connectivity index (χ3n) is 7.11. The van der Waals surface area contributed by atoms with Gasteiger partial charge in [-0.05, 0) is 67.6 Å². The van der Waals surface area contributed by atoms with Gasteiger partial charge >= 0.3 is 5.97 Å². The van der Waals surface area contributed by atoms with Crippen LogP contribution in [0.25, 0.3) is 0 Å². The van der Waals surface area contributed by atoms with Crippen molar-refractivity contribution in [1.29, 1.82) is 0 Å². The van der Waals surface area contributed by atoms with Gasteiger partial charge in [-0.25, -0.2) is 4.79 Å². The molecule has 36 heavy (non-hydrogen) atoms. The minimum Gasteiger partial charge on any atom is -0.494 e. The lowest BCUT2D eigenvalue weighted by Crippen LogP contribution is -2.37. The Morgan fingerprint density at radius 2 is 1.64 bits per heavy atom. The molecule has 1 N–H and O–H groups in total. The predicted octanol–water partition coefficient (Wildman–Crippen LogP) is 3.85. The molecule has 10 heteroatoms. The molecular formula is C26H24Cl2N2O6. The molecule has 1 saturated heterocycles. The van der Waals surface area contributed by atoms with Gasteiger partial charge in [0.15, 0.2) is 6.61 Å². The lowest BCUT2D eigenvalue weighted by atomic mass is 9.80. The van der Waals surface area contributed by atoms with E-state index in [4.69, 9.17) is 32.7 Å². The van der Waals surface area contributed by atoms with Gasteiger partial charge < -0.3 is 14.8 Å². The normalized spacial score (nSPS) is 28.2. The van der Waals surface area contributed by atoms with Crippen molar-refractivity contribution in [1.82, 2.24) is 0 Å². The van der Waals surface area contributed by atoms with Crippen LogP contribution in [0.5, 0.6) is 5.75 Å². The monoisotopic (exact) mass is 530 g/mol. The van der Waals surface area contributed by atoms with E-state index in [1.54, 1.807) is 36.4 Å². The maximum Gasteiger partial charge on any atom is 0.338 e. The Kier molecular flexibility index (Phi) is 6.66. The predicted molar refractivity (Wildman–Crippen MR) is 133 cm³/mol. The van der Waals surface area contributed by atoms with E-state index in [0.717, 1.165) is 4.90 Å². The van der Waals surface area contributed by atoms with Crippen LogP contribution in [0.4, 0.5) is 11.4 Å². The van der Waals surface area contributed by atoms with Crippen molar-refractivity contribution in [3.05, 3.63) is 54.1 Å². The van der Waals surface area contributed by atoms with E-state index in [-0.39, 0.29) is 45.7 Å². The van der Waals surface area contributed by atoms with Gasteiger partial charge in [-0.1, -0.05) is 6.07 Å². The minimum absolute atomic E-state index is 0.118. The molecule has 2 aromatic rings. The lowest BCUT2D eigenvalue weighted by molar-refractivity contribution is -0.123. The number of nitrogens with one attached hydrogen (secondary N) is 1. The molecule has 0 spiro atoms. The molecule has 2 bridgehead atoms. The van der Waals surface area contributed by atoms with Crippen molar-refractivity contribution < 1.29 is 28.7 Å². The largest absolute Gasteiger partial charge is 0.494 e. The summed E-state index contributed by atoms with van der Waals surface area (Å²) in [6.07, 6.45) is 0.675. The van der Waals surface area contributed by atoms with E-state index in [1.807, 2.05) is 6.92 Å². The van der Waals surface area contributed by atoms with Crippen LogP contribution in [0.3, 0.4) is 0 Å². The third kappa shape index (κ3) is 4.22. The summed E-state index contributed by atoms with van der Waals surface area (Å²) in [5.41, 5.74) is 0.933. The number of hydrogen-bond donors (Lipinski definition) is 1. The highest BCUT2D eigenvalue weighted by Gasteiger charge is 2.66. The van der Waals surface area contributed by atoms with E-state index in [9.17, 15) is 19.2 Å². The van der Waals surface area contributed by atoms with Crippen molar-refractivity contribution in [2.75, 3.05) is 23.4 Å². The van der Waals surface area contributed by atoms with Crippen LogP contribution in [0.1, 0.15) is 23.7 Å². The molecule has 0 aromatic heterocycles. The number of carbonyl (C=O) groups is 4. The molecule has 1 heterocycles. The number of fused-ring (bicyclic) bond motifs is 5. The van der Waals surface area contributed by atoms with Crippen LogP contribution in [-0.4, -0.2) is 47.7 Å². The van der Waals surface area contributed by atoms with Gasteiger partial charge in [0.25, 0.3) is 5.91 Å². The Morgan fingerprint density at radius 1 is 1.00 bits per heavy atom. The van der Waals surface area contributed by atoms with Crippen LogP contribution in [-0.2, 0) is 19.1 Å².